The Kier molecular flexibility index (Phi) is 6.60. The van der Waals surface area contributed by atoms with E-state index in [1.165, 1.54) is 37.5 Å². The fourth-order valence-corrected chi connectivity index (χ4v) is 3.16. The van der Waals surface area contributed by atoms with Crippen molar-refractivity contribution in [3.8, 4) is 11.5 Å². The molecule has 31 heavy (non-hydrogen) atoms. The Hall–Kier alpha value is -3.39. The molecule has 1 saturated heterocycles. The monoisotopic (exact) mass is 446 g/mol. The molecule has 9 heteroatoms. The summed E-state index contributed by atoms with van der Waals surface area (Å²) < 4.78 is 25.3. The molecule has 0 saturated carbocycles. The van der Waals surface area contributed by atoms with Crippen LogP contribution in [0, 0.1) is 5.82 Å². The van der Waals surface area contributed by atoms with Gasteiger partial charge < -0.3 is 9.47 Å². The molecule has 0 spiro atoms. The van der Waals surface area contributed by atoms with Crippen LogP contribution < -0.4 is 19.7 Å². The SMILES string of the molecule is CC[C@H](C)Oc1c(Cl)cc(/C=C2\C(=O)NC(=O)N(c3ccccc3F)C2=O)cc1OC. The number of methoxy groups -OCH3 is 1. The second kappa shape index (κ2) is 9.18. The molecule has 1 aliphatic rings. The van der Waals surface area contributed by atoms with Crippen molar-refractivity contribution in [3.05, 3.63) is 58.4 Å². The number of anilines is 1. The van der Waals surface area contributed by atoms with E-state index in [2.05, 4.69) is 0 Å². The summed E-state index contributed by atoms with van der Waals surface area (Å²) in [6.45, 7) is 3.84. The number of imide groups is 2. The Morgan fingerprint density at radius 2 is 1.94 bits per heavy atom. The van der Waals surface area contributed by atoms with Gasteiger partial charge in [0.15, 0.2) is 11.5 Å². The molecule has 1 aliphatic heterocycles. The summed E-state index contributed by atoms with van der Waals surface area (Å²) >= 11 is 6.34. The number of urea groups is 1. The zero-order valence-electron chi connectivity index (χ0n) is 17.1. The molecular weight excluding hydrogens is 427 g/mol. The van der Waals surface area contributed by atoms with Gasteiger partial charge in [0.1, 0.15) is 11.4 Å². The number of benzene rings is 2. The van der Waals surface area contributed by atoms with Gasteiger partial charge in [-0.1, -0.05) is 30.7 Å². The van der Waals surface area contributed by atoms with Crippen LogP contribution in [0.3, 0.4) is 0 Å². The van der Waals surface area contributed by atoms with Gasteiger partial charge in [0, 0.05) is 0 Å². The van der Waals surface area contributed by atoms with Gasteiger partial charge in [-0.15, -0.1) is 0 Å². The molecule has 0 unspecified atom stereocenters. The van der Waals surface area contributed by atoms with Crippen LogP contribution in [0.15, 0.2) is 42.0 Å². The molecule has 1 heterocycles. The third-order valence-electron chi connectivity index (χ3n) is 4.65. The largest absolute Gasteiger partial charge is 0.493 e. The van der Waals surface area contributed by atoms with Gasteiger partial charge in [-0.3, -0.25) is 14.9 Å². The van der Waals surface area contributed by atoms with Crippen molar-refractivity contribution in [1.29, 1.82) is 0 Å². The summed E-state index contributed by atoms with van der Waals surface area (Å²) in [6, 6.07) is 7.27. The van der Waals surface area contributed by atoms with Crippen molar-refractivity contribution in [1.82, 2.24) is 5.32 Å². The van der Waals surface area contributed by atoms with Crippen molar-refractivity contribution in [2.45, 2.75) is 26.4 Å². The van der Waals surface area contributed by atoms with E-state index in [-0.39, 0.29) is 22.4 Å². The van der Waals surface area contributed by atoms with Gasteiger partial charge in [0.25, 0.3) is 11.8 Å². The normalized spacial score (nSPS) is 16.4. The van der Waals surface area contributed by atoms with Crippen LogP contribution in [0.5, 0.6) is 11.5 Å². The summed E-state index contributed by atoms with van der Waals surface area (Å²) in [6.07, 6.45) is 1.89. The third kappa shape index (κ3) is 4.54. The number of halogens is 2. The van der Waals surface area contributed by atoms with Crippen LogP contribution in [-0.2, 0) is 9.59 Å². The number of ether oxygens (including phenoxy) is 2. The molecule has 0 radical (unpaired) electrons. The van der Waals surface area contributed by atoms with E-state index in [9.17, 15) is 18.8 Å². The fourth-order valence-electron chi connectivity index (χ4n) is 2.90. The van der Waals surface area contributed by atoms with Crippen molar-refractivity contribution in [2.24, 2.45) is 0 Å². The van der Waals surface area contributed by atoms with Crippen molar-refractivity contribution >= 4 is 41.2 Å². The number of barbiturate groups is 1. The second-order valence-corrected chi connectivity index (χ2v) is 7.19. The van der Waals surface area contributed by atoms with Gasteiger partial charge in [0.05, 0.1) is 23.9 Å². The second-order valence-electron chi connectivity index (χ2n) is 6.78. The summed E-state index contributed by atoms with van der Waals surface area (Å²) in [4.78, 5) is 38.0. The summed E-state index contributed by atoms with van der Waals surface area (Å²) in [5.74, 6) is -2.00. The lowest BCUT2D eigenvalue weighted by Gasteiger charge is -2.26. The van der Waals surface area contributed by atoms with Crippen molar-refractivity contribution < 1.29 is 28.2 Å². The first-order chi connectivity index (χ1) is 14.8. The topological polar surface area (TPSA) is 84.9 Å². The zero-order chi connectivity index (χ0) is 22.7. The maximum atomic E-state index is 14.2. The van der Waals surface area contributed by atoms with Gasteiger partial charge >= 0.3 is 6.03 Å². The quantitative estimate of drug-likeness (QED) is 0.527. The lowest BCUT2D eigenvalue weighted by Crippen LogP contribution is -2.54. The van der Waals surface area contributed by atoms with Gasteiger partial charge in [-0.2, -0.15) is 0 Å². The molecule has 0 bridgehead atoms. The van der Waals surface area contributed by atoms with E-state index in [4.69, 9.17) is 21.1 Å². The first kappa shape index (κ1) is 22.3. The highest BCUT2D eigenvalue weighted by atomic mass is 35.5. The molecule has 1 fully saturated rings. The number of nitrogens with zero attached hydrogens (tertiary/aromatic N) is 1. The van der Waals surface area contributed by atoms with Gasteiger partial charge in [-0.25, -0.2) is 14.1 Å². The molecule has 162 valence electrons. The van der Waals surface area contributed by atoms with E-state index < -0.39 is 23.7 Å². The number of carbonyl (C=O) groups is 3. The van der Waals surface area contributed by atoms with E-state index in [1.54, 1.807) is 6.07 Å². The van der Waals surface area contributed by atoms with Crippen molar-refractivity contribution in [2.75, 3.05) is 12.0 Å². The predicted octanol–water partition coefficient (Wildman–Crippen LogP) is 4.33. The van der Waals surface area contributed by atoms with E-state index in [0.29, 0.717) is 22.0 Å². The molecule has 2 aromatic rings. The smallest absolute Gasteiger partial charge is 0.336 e. The Morgan fingerprint density at radius 3 is 2.58 bits per heavy atom. The number of hydrogen-bond acceptors (Lipinski definition) is 5. The van der Waals surface area contributed by atoms with Crippen LogP contribution in [-0.4, -0.2) is 31.1 Å². The maximum Gasteiger partial charge on any atom is 0.336 e. The highest BCUT2D eigenvalue weighted by Gasteiger charge is 2.38. The first-order valence-corrected chi connectivity index (χ1v) is 9.84. The lowest BCUT2D eigenvalue weighted by atomic mass is 10.1. The highest BCUT2D eigenvalue weighted by molar-refractivity contribution is 6.39. The van der Waals surface area contributed by atoms with Crippen LogP contribution in [0.25, 0.3) is 6.08 Å². The summed E-state index contributed by atoms with van der Waals surface area (Å²) in [5.41, 5.74) is -0.271. The lowest BCUT2D eigenvalue weighted by molar-refractivity contribution is -0.122. The minimum absolute atomic E-state index is 0.110. The minimum Gasteiger partial charge on any atom is -0.493 e. The Bertz CT molecular complexity index is 1090. The van der Waals surface area contributed by atoms with Crippen molar-refractivity contribution in [3.63, 3.8) is 0 Å². The average Bonchev–Trinajstić information content (AvgIpc) is 2.73. The predicted molar refractivity (Wildman–Crippen MR) is 114 cm³/mol. The number of para-hydroxylation sites is 1. The summed E-state index contributed by atoms with van der Waals surface area (Å²) in [5, 5.41) is 2.27. The van der Waals surface area contributed by atoms with E-state index in [0.717, 1.165) is 12.5 Å². The molecular formula is C22H20ClFN2O5. The molecule has 1 atom stereocenters. The number of rotatable bonds is 6. The van der Waals surface area contributed by atoms with Crippen LogP contribution in [0.1, 0.15) is 25.8 Å². The number of hydrogen-bond donors (Lipinski definition) is 1. The van der Waals surface area contributed by atoms with Crippen LogP contribution >= 0.6 is 11.6 Å². The molecule has 0 aromatic heterocycles. The first-order valence-electron chi connectivity index (χ1n) is 9.47. The molecule has 2 aromatic carbocycles. The molecule has 1 N–H and O–H groups in total. The molecule has 7 nitrogen and oxygen atoms in total. The Balaban J connectivity index is 2.03. The van der Waals surface area contributed by atoms with E-state index in [1.807, 2.05) is 19.2 Å². The summed E-state index contributed by atoms with van der Waals surface area (Å²) in [7, 11) is 1.43. The molecule has 0 aliphatic carbocycles. The fraction of sp³-hybridized carbons (Fsp3) is 0.227. The van der Waals surface area contributed by atoms with Crippen LogP contribution in [0.2, 0.25) is 5.02 Å². The van der Waals surface area contributed by atoms with Crippen LogP contribution in [0.4, 0.5) is 14.9 Å². The third-order valence-corrected chi connectivity index (χ3v) is 4.93. The molecule has 4 amide bonds. The number of nitrogens with one attached hydrogen (secondary N) is 1. The zero-order valence-corrected chi connectivity index (χ0v) is 17.8. The standard InChI is InChI=1S/C22H20ClFN2O5/c1-4-12(2)31-19-15(23)10-13(11-18(19)30-3)9-14-20(27)25-22(29)26(21(14)28)17-8-6-5-7-16(17)24/h5-12H,4H2,1-3H3,(H,25,27,29)/b14-9+/t12-/m0/s1. The Labute approximate surface area is 183 Å². The number of amides is 4. The van der Waals surface area contributed by atoms with Gasteiger partial charge in [0.2, 0.25) is 0 Å². The maximum absolute atomic E-state index is 14.2. The van der Waals surface area contributed by atoms with E-state index >= 15 is 0 Å². The Morgan fingerprint density at radius 1 is 1.23 bits per heavy atom. The molecule has 3 rings (SSSR count). The minimum atomic E-state index is -1.04. The average molecular weight is 447 g/mol. The van der Waals surface area contributed by atoms with Gasteiger partial charge in [-0.05, 0) is 49.2 Å². The highest BCUT2D eigenvalue weighted by Crippen LogP contribution is 2.38. The number of carbonyl (C=O) groups excluding carboxylic acids is 3.